The van der Waals surface area contributed by atoms with Gasteiger partial charge in [0.05, 0.1) is 6.61 Å². The number of ether oxygens (including phenoxy) is 1. The van der Waals surface area contributed by atoms with E-state index in [4.69, 9.17) is 4.74 Å². The molecule has 1 aromatic carbocycles. The Hall–Kier alpha value is -1.63. The third-order valence-electron chi connectivity index (χ3n) is 6.42. The van der Waals surface area contributed by atoms with Gasteiger partial charge < -0.3 is 20.5 Å². The van der Waals surface area contributed by atoms with Crippen LogP contribution in [-0.4, -0.2) is 62.5 Å². The second-order valence-electron chi connectivity index (χ2n) is 8.83. The molecule has 0 aliphatic carbocycles. The number of rotatable bonds is 8. The summed E-state index contributed by atoms with van der Waals surface area (Å²) in [7, 11) is 1.80. The van der Waals surface area contributed by atoms with Crippen molar-refractivity contribution in [3.05, 3.63) is 35.4 Å². The Morgan fingerprint density at radius 1 is 1.28 bits per heavy atom. The molecule has 2 aliphatic heterocycles. The van der Waals surface area contributed by atoms with E-state index in [9.17, 15) is 5.11 Å². The first kappa shape index (κ1) is 22.1. The van der Waals surface area contributed by atoms with Gasteiger partial charge >= 0.3 is 0 Å². The zero-order valence-electron chi connectivity index (χ0n) is 18.1. The quantitative estimate of drug-likeness (QED) is 0.460. The van der Waals surface area contributed by atoms with Gasteiger partial charge in [-0.2, -0.15) is 0 Å². The molecule has 0 amide bonds. The largest absolute Gasteiger partial charge is 0.396 e. The third kappa shape index (κ3) is 6.69. The lowest BCUT2D eigenvalue weighted by atomic mass is 9.84. The number of hydrogen-bond acceptors (Lipinski definition) is 4. The van der Waals surface area contributed by atoms with Crippen molar-refractivity contribution in [2.24, 2.45) is 16.3 Å². The number of benzene rings is 1. The summed E-state index contributed by atoms with van der Waals surface area (Å²) in [5.41, 5.74) is 2.66. The summed E-state index contributed by atoms with van der Waals surface area (Å²) in [5.74, 6) is 1.66. The molecule has 0 aromatic heterocycles. The van der Waals surface area contributed by atoms with Crippen molar-refractivity contribution in [3.8, 4) is 0 Å². The Labute approximate surface area is 175 Å². The fourth-order valence-corrected chi connectivity index (χ4v) is 4.31. The minimum absolute atomic E-state index is 0.0121. The van der Waals surface area contributed by atoms with Crippen LogP contribution in [0.25, 0.3) is 0 Å². The number of aliphatic hydroxyl groups excluding tert-OH is 1. The number of hydrogen-bond donors (Lipinski definition) is 3. The molecule has 6 nitrogen and oxygen atoms in total. The Bertz CT molecular complexity index is 650. The van der Waals surface area contributed by atoms with Crippen molar-refractivity contribution < 1.29 is 9.84 Å². The van der Waals surface area contributed by atoms with Crippen LogP contribution in [0.3, 0.4) is 0 Å². The van der Waals surface area contributed by atoms with Gasteiger partial charge in [0.15, 0.2) is 5.96 Å². The molecule has 1 atom stereocenters. The lowest BCUT2D eigenvalue weighted by Gasteiger charge is -2.30. The Balaban J connectivity index is 1.48. The second kappa shape index (κ2) is 11.0. The summed E-state index contributed by atoms with van der Waals surface area (Å²) >= 11 is 0. The zero-order chi connectivity index (χ0) is 20.5. The first-order valence-electron chi connectivity index (χ1n) is 11.1. The van der Waals surface area contributed by atoms with E-state index in [0.717, 1.165) is 51.0 Å². The van der Waals surface area contributed by atoms with Crippen LogP contribution >= 0.6 is 0 Å². The smallest absolute Gasteiger partial charge is 0.191 e. The Kier molecular flexibility index (Phi) is 8.33. The van der Waals surface area contributed by atoms with Crippen LogP contribution in [0.1, 0.15) is 43.7 Å². The van der Waals surface area contributed by atoms with E-state index in [2.05, 4.69) is 51.7 Å². The zero-order valence-corrected chi connectivity index (χ0v) is 18.1. The van der Waals surface area contributed by atoms with Gasteiger partial charge in [-0.05, 0) is 55.8 Å². The third-order valence-corrected chi connectivity index (χ3v) is 6.42. The number of piperidine rings is 1. The van der Waals surface area contributed by atoms with E-state index in [0.29, 0.717) is 6.61 Å². The second-order valence-corrected chi connectivity index (χ2v) is 8.83. The number of aliphatic hydroxyl groups is 1. The lowest BCUT2D eigenvalue weighted by molar-refractivity contribution is 0.127. The maximum absolute atomic E-state index is 9.39. The molecule has 2 aliphatic rings. The van der Waals surface area contributed by atoms with E-state index in [-0.39, 0.29) is 12.0 Å². The van der Waals surface area contributed by atoms with Gasteiger partial charge in [-0.3, -0.25) is 9.89 Å². The van der Waals surface area contributed by atoms with Gasteiger partial charge in [-0.1, -0.05) is 31.2 Å². The molecular weight excluding hydrogens is 364 g/mol. The fourth-order valence-electron chi connectivity index (χ4n) is 4.31. The minimum Gasteiger partial charge on any atom is -0.396 e. The summed E-state index contributed by atoms with van der Waals surface area (Å²) < 4.78 is 5.57. The standard InChI is InChI=1S/C23H38N4O2/c1-19-6-10-27(11-7-19)16-21-5-3-4-20(14-21)15-25-22(24-2)26-17-23(8-12-28)9-13-29-18-23/h3-5,14,19,28H,6-13,15-18H2,1-2H3,(H2,24,25,26). The Morgan fingerprint density at radius 3 is 2.76 bits per heavy atom. The molecule has 2 heterocycles. The summed E-state index contributed by atoms with van der Waals surface area (Å²) in [6.07, 6.45) is 4.36. The number of aliphatic imine (C=N–C) groups is 1. The molecular formula is C23H38N4O2. The molecule has 3 N–H and O–H groups in total. The van der Waals surface area contributed by atoms with Crippen molar-refractivity contribution in [1.82, 2.24) is 15.5 Å². The number of nitrogens with zero attached hydrogens (tertiary/aromatic N) is 2. The predicted molar refractivity (Wildman–Crippen MR) is 118 cm³/mol. The van der Waals surface area contributed by atoms with E-state index in [1.54, 1.807) is 7.05 Å². The van der Waals surface area contributed by atoms with Crippen LogP contribution in [0.4, 0.5) is 0 Å². The molecule has 1 aromatic rings. The van der Waals surface area contributed by atoms with Gasteiger partial charge in [-0.15, -0.1) is 0 Å². The highest BCUT2D eigenvalue weighted by molar-refractivity contribution is 5.79. The molecule has 3 rings (SSSR count). The summed E-state index contributed by atoms with van der Waals surface area (Å²) in [4.78, 5) is 6.93. The van der Waals surface area contributed by atoms with Crippen LogP contribution < -0.4 is 10.6 Å². The molecule has 1 unspecified atom stereocenters. The van der Waals surface area contributed by atoms with Crippen molar-refractivity contribution >= 4 is 5.96 Å². The average molecular weight is 403 g/mol. The molecule has 6 heteroatoms. The topological polar surface area (TPSA) is 69.1 Å². The van der Waals surface area contributed by atoms with E-state index in [1.807, 2.05) is 0 Å². The monoisotopic (exact) mass is 402 g/mol. The predicted octanol–water partition coefficient (Wildman–Crippen LogP) is 2.37. The summed E-state index contributed by atoms with van der Waals surface area (Å²) in [6.45, 7) is 8.99. The Morgan fingerprint density at radius 2 is 2.07 bits per heavy atom. The van der Waals surface area contributed by atoms with Gasteiger partial charge in [-0.25, -0.2) is 0 Å². The van der Waals surface area contributed by atoms with Crippen LogP contribution in [-0.2, 0) is 17.8 Å². The highest BCUT2D eigenvalue weighted by atomic mass is 16.5. The molecule has 2 fully saturated rings. The van der Waals surface area contributed by atoms with Crippen molar-refractivity contribution in [1.29, 1.82) is 0 Å². The van der Waals surface area contributed by atoms with Crippen molar-refractivity contribution in [3.63, 3.8) is 0 Å². The highest BCUT2D eigenvalue weighted by Crippen LogP contribution is 2.31. The lowest BCUT2D eigenvalue weighted by Crippen LogP contribution is -2.44. The number of nitrogens with one attached hydrogen (secondary N) is 2. The molecule has 0 saturated carbocycles. The van der Waals surface area contributed by atoms with Crippen molar-refractivity contribution in [2.45, 2.75) is 45.7 Å². The van der Waals surface area contributed by atoms with Gasteiger partial charge in [0.25, 0.3) is 0 Å². The van der Waals surface area contributed by atoms with Crippen molar-refractivity contribution in [2.75, 3.05) is 46.5 Å². The van der Waals surface area contributed by atoms with Crippen LogP contribution in [0, 0.1) is 11.3 Å². The van der Waals surface area contributed by atoms with Gasteiger partial charge in [0, 0.05) is 45.3 Å². The summed E-state index contributed by atoms with van der Waals surface area (Å²) in [5, 5.41) is 16.2. The van der Waals surface area contributed by atoms with Crippen LogP contribution in [0.15, 0.2) is 29.3 Å². The molecule has 0 bridgehead atoms. The SMILES string of the molecule is CN=C(NCc1cccc(CN2CCC(C)CC2)c1)NCC1(CCO)CCOC1. The van der Waals surface area contributed by atoms with E-state index >= 15 is 0 Å². The highest BCUT2D eigenvalue weighted by Gasteiger charge is 2.34. The molecule has 0 spiro atoms. The minimum atomic E-state index is 0.0121. The maximum Gasteiger partial charge on any atom is 0.191 e. The fraction of sp³-hybridized carbons (Fsp3) is 0.696. The average Bonchev–Trinajstić information content (AvgIpc) is 3.19. The number of guanidine groups is 1. The van der Waals surface area contributed by atoms with E-state index in [1.165, 1.54) is 37.1 Å². The van der Waals surface area contributed by atoms with Gasteiger partial charge in [0.2, 0.25) is 0 Å². The first-order valence-corrected chi connectivity index (χ1v) is 11.1. The normalized spacial score (nSPS) is 24.0. The van der Waals surface area contributed by atoms with Crippen LogP contribution in [0.5, 0.6) is 0 Å². The molecule has 29 heavy (non-hydrogen) atoms. The molecule has 0 radical (unpaired) electrons. The number of likely N-dealkylation sites (tertiary alicyclic amines) is 1. The maximum atomic E-state index is 9.39. The first-order chi connectivity index (χ1) is 14.1. The van der Waals surface area contributed by atoms with E-state index < -0.39 is 0 Å². The van der Waals surface area contributed by atoms with Crippen LogP contribution in [0.2, 0.25) is 0 Å². The summed E-state index contributed by atoms with van der Waals surface area (Å²) in [6, 6.07) is 8.85. The molecule has 2 saturated heterocycles. The van der Waals surface area contributed by atoms with Gasteiger partial charge in [0.1, 0.15) is 0 Å². The molecule has 162 valence electrons.